The zero-order valence-corrected chi connectivity index (χ0v) is 7.94. The average molecular weight is 185 g/mol. The number of anilines is 1. The number of pyridine rings is 2. The van der Waals surface area contributed by atoms with Crippen LogP contribution in [0.25, 0.3) is 11.3 Å². The first kappa shape index (κ1) is 8.69. The molecular formula is C11H11N3. The van der Waals surface area contributed by atoms with Crippen molar-refractivity contribution in [2.24, 2.45) is 0 Å². The molecule has 0 saturated heterocycles. The van der Waals surface area contributed by atoms with Gasteiger partial charge in [0.05, 0.1) is 5.69 Å². The second kappa shape index (κ2) is 3.87. The van der Waals surface area contributed by atoms with E-state index in [0.717, 1.165) is 17.1 Å². The molecule has 2 rings (SSSR count). The highest BCUT2D eigenvalue weighted by Crippen LogP contribution is 2.15. The van der Waals surface area contributed by atoms with E-state index in [-0.39, 0.29) is 0 Å². The van der Waals surface area contributed by atoms with Crippen LogP contribution >= 0.6 is 0 Å². The van der Waals surface area contributed by atoms with Crippen molar-refractivity contribution >= 4 is 5.82 Å². The fraction of sp³-hybridized carbons (Fsp3) is 0.0909. The third kappa shape index (κ3) is 1.71. The van der Waals surface area contributed by atoms with Gasteiger partial charge in [0.25, 0.3) is 0 Å². The average Bonchev–Trinajstić information content (AvgIpc) is 2.30. The van der Waals surface area contributed by atoms with Crippen LogP contribution in [0, 0.1) is 0 Å². The summed E-state index contributed by atoms with van der Waals surface area (Å²) in [7, 11) is 1.85. The summed E-state index contributed by atoms with van der Waals surface area (Å²) < 4.78 is 0. The Balaban J connectivity index is 2.34. The predicted molar refractivity (Wildman–Crippen MR) is 57.0 cm³/mol. The van der Waals surface area contributed by atoms with Crippen LogP contribution in [0.5, 0.6) is 0 Å². The van der Waals surface area contributed by atoms with Gasteiger partial charge in [-0.15, -0.1) is 0 Å². The zero-order chi connectivity index (χ0) is 9.80. The Kier molecular flexibility index (Phi) is 2.40. The van der Waals surface area contributed by atoms with E-state index in [1.54, 1.807) is 6.20 Å². The fourth-order valence-electron chi connectivity index (χ4n) is 1.23. The van der Waals surface area contributed by atoms with Gasteiger partial charge >= 0.3 is 0 Å². The van der Waals surface area contributed by atoms with Crippen molar-refractivity contribution < 1.29 is 0 Å². The summed E-state index contributed by atoms with van der Waals surface area (Å²) in [5, 5.41) is 2.97. The highest BCUT2D eigenvalue weighted by molar-refractivity contribution is 5.59. The molecule has 0 aliphatic carbocycles. The summed E-state index contributed by atoms with van der Waals surface area (Å²) in [5.41, 5.74) is 1.98. The minimum Gasteiger partial charge on any atom is -0.373 e. The van der Waals surface area contributed by atoms with E-state index in [1.165, 1.54) is 0 Å². The Labute approximate surface area is 82.8 Å². The maximum absolute atomic E-state index is 4.24. The molecule has 0 unspecified atom stereocenters. The minimum absolute atomic E-state index is 0.865. The van der Waals surface area contributed by atoms with E-state index in [2.05, 4.69) is 15.3 Å². The Hall–Kier alpha value is -1.90. The van der Waals surface area contributed by atoms with Crippen LogP contribution in [-0.4, -0.2) is 17.0 Å². The summed E-state index contributed by atoms with van der Waals surface area (Å²) in [6.45, 7) is 0. The van der Waals surface area contributed by atoms with Gasteiger partial charge in [-0.2, -0.15) is 0 Å². The standard InChI is InChI=1S/C11H11N3/c1-12-11-6-5-9(8-14-11)10-4-2-3-7-13-10/h2-8H,1H3,(H,12,14). The van der Waals surface area contributed by atoms with Crippen molar-refractivity contribution in [1.29, 1.82) is 0 Å². The summed E-state index contributed by atoms with van der Waals surface area (Å²) >= 11 is 0. The first-order valence-electron chi connectivity index (χ1n) is 4.45. The predicted octanol–water partition coefficient (Wildman–Crippen LogP) is 2.19. The Morgan fingerprint density at radius 3 is 2.57 bits per heavy atom. The molecule has 70 valence electrons. The van der Waals surface area contributed by atoms with Crippen LogP contribution in [0.2, 0.25) is 0 Å². The molecule has 2 heterocycles. The molecule has 0 spiro atoms. The van der Waals surface area contributed by atoms with Crippen LogP contribution in [0.1, 0.15) is 0 Å². The lowest BCUT2D eigenvalue weighted by Gasteiger charge is -2.01. The third-order valence-corrected chi connectivity index (χ3v) is 1.98. The molecule has 0 bridgehead atoms. The van der Waals surface area contributed by atoms with E-state index >= 15 is 0 Å². The van der Waals surface area contributed by atoms with Crippen LogP contribution in [-0.2, 0) is 0 Å². The van der Waals surface area contributed by atoms with Gasteiger partial charge in [-0.25, -0.2) is 4.98 Å². The third-order valence-electron chi connectivity index (χ3n) is 1.98. The van der Waals surface area contributed by atoms with E-state index in [9.17, 15) is 0 Å². The largest absolute Gasteiger partial charge is 0.373 e. The van der Waals surface area contributed by atoms with Crippen molar-refractivity contribution in [3.8, 4) is 11.3 Å². The maximum Gasteiger partial charge on any atom is 0.125 e. The highest BCUT2D eigenvalue weighted by Gasteiger charge is 1.97. The number of rotatable bonds is 2. The van der Waals surface area contributed by atoms with Crippen molar-refractivity contribution in [3.05, 3.63) is 42.7 Å². The quantitative estimate of drug-likeness (QED) is 0.779. The summed E-state index contributed by atoms with van der Waals surface area (Å²) in [4.78, 5) is 8.47. The first-order valence-corrected chi connectivity index (χ1v) is 4.45. The number of nitrogens with one attached hydrogen (secondary N) is 1. The first-order chi connectivity index (χ1) is 6.90. The molecule has 0 fully saturated rings. The van der Waals surface area contributed by atoms with E-state index in [4.69, 9.17) is 0 Å². The lowest BCUT2D eigenvalue weighted by Crippen LogP contribution is -1.91. The summed E-state index contributed by atoms with van der Waals surface area (Å²) in [6.07, 6.45) is 3.59. The molecule has 0 amide bonds. The molecule has 3 heteroatoms. The normalized spacial score (nSPS) is 9.79. The number of hydrogen-bond acceptors (Lipinski definition) is 3. The van der Waals surface area contributed by atoms with Crippen molar-refractivity contribution in [3.63, 3.8) is 0 Å². The molecule has 0 aromatic carbocycles. The Bertz CT molecular complexity index is 395. The van der Waals surface area contributed by atoms with Gasteiger partial charge in [-0.1, -0.05) is 6.07 Å². The van der Waals surface area contributed by atoms with Gasteiger partial charge < -0.3 is 5.32 Å². The molecule has 2 aromatic heterocycles. The fourth-order valence-corrected chi connectivity index (χ4v) is 1.23. The second-order valence-electron chi connectivity index (χ2n) is 2.90. The number of hydrogen-bond donors (Lipinski definition) is 1. The maximum atomic E-state index is 4.24. The molecule has 2 aromatic rings. The smallest absolute Gasteiger partial charge is 0.125 e. The van der Waals surface area contributed by atoms with Gasteiger partial charge in [0.15, 0.2) is 0 Å². The van der Waals surface area contributed by atoms with Crippen LogP contribution in [0.15, 0.2) is 42.7 Å². The number of aromatic nitrogens is 2. The van der Waals surface area contributed by atoms with Gasteiger partial charge in [0.2, 0.25) is 0 Å². The minimum atomic E-state index is 0.865. The molecule has 0 atom stereocenters. The molecule has 0 saturated carbocycles. The SMILES string of the molecule is CNc1ccc(-c2ccccn2)cn1. The van der Waals surface area contributed by atoms with Crippen molar-refractivity contribution in [1.82, 2.24) is 9.97 Å². The van der Waals surface area contributed by atoms with E-state index in [1.807, 2.05) is 43.6 Å². The summed E-state index contributed by atoms with van der Waals surface area (Å²) in [6, 6.07) is 9.77. The van der Waals surface area contributed by atoms with Crippen LogP contribution in [0.4, 0.5) is 5.82 Å². The molecule has 0 radical (unpaired) electrons. The molecular weight excluding hydrogens is 174 g/mol. The molecule has 3 nitrogen and oxygen atoms in total. The monoisotopic (exact) mass is 185 g/mol. The molecule has 0 aliphatic rings. The van der Waals surface area contributed by atoms with Crippen molar-refractivity contribution in [2.45, 2.75) is 0 Å². The lowest BCUT2D eigenvalue weighted by atomic mass is 10.2. The van der Waals surface area contributed by atoms with E-state index in [0.29, 0.717) is 0 Å². The molecule has 0 aliphatic heterocycles. The summed E-state index contributed by atoms with van der Waals surface area (Å²) in [5.74, 6) is 0.865. The molecule has 14 heavy (non-hydrogen) atoms. The number of nitrogens with zero attached hydrogens (tertiary/aromatic N) is 2. The molecule has 1 N–H and O–H groups in total. The topological polar surface area (TPSA) is 37.8 Å². The highest BCUT2D eigenvalue weighted by atomic mass is 14.9. The van der Waals surface area contributed by atoms with Gasteiger partial charge in [-0.3, -0.25) is 4.98 Å². The van der Waals surface area contributed by atoms with Gasteiger partial charge in [0.1, 0.15) is 5.82 Å². The van der Waals surface area contributed by atoms with Gasteiger partial charge in [0, 0.05) is 25.0 Å². The zero-order valence-electron chi connectivity index (χ0n) is 7.94. The Morgan fingerprint density at radius 2 is 2.00 bits per heavy atom. The Morgan fingerprint density at radius 1 is 1.07 bits per heavy atom. The van der Waals surface area contributed by atoms with Crippen LogP contribution < -0.4 is 5.32 Å². The lowest BCUT2D eigenvalue weighted by molar-refractivity contribution is 1.26. The second-order valence-corrected chi connectivity index (χ2v) is 2.90. The van der Waals surface area contributed by atoms with Gasteiger partial charge in [-0.05, 0) is 24.3 Å². The van der Waals surface area contributed by atoms with Crippen LogP contribution in [0.3, 0.4) is 0 Å². The van der Waals surface area contributed by atoms with Crippen molar-refractivity contribution in [2.75, 3.05) is 12.4 Å². The van der Waals surface area contributed by atoms with E-state index < -0.39 is 0 Å².